The second-order valence-corrected chi connectivity index (χ2v) is 6.13. The number of benzene rings is 2. The summed E-state index contributed by atoms with van der Waals surface area (Å²) in [4.78, 5) is 14.3. The summed E-state index contributed by atoms with van der Waals surface area (Å²) in [7, 11) is 0. The minimum atomic E-state index is -0.212. The standard InChI is InChI=1S/C19H21NO3/c21-16-6-7-18(22)17(13-16)19(23)20-10-8-15(9-11-20)12-14-4-2-1-3-5-14/h1-7,13,15,21-22H,8-12H2. The van der Waals surface area contributed by atoms with E-state index in [0.717, 1.165) is 19.3 Å². The van der Waals surface area contributed by atoms with Crippen molar-refractivity contribution in [1.82, 2.24) is 4.90 Å². The van der Waals surface area contributed by atoms with Crippen molar-refractivity contribution in [3.8, 4) is 11.5 Å². The molecule has 1 saturated heterocycles. The topological polar surface area (TPSA) is 60.8 Å². The molecule has 0 aliphatic carbocycles. The molecule has 0 spiro atoms. The molecule has 1 aliphatic heterocycles. The Morgan fingerprint density at radius 2 is 1.74 bits per heavy atom. The largest absolute Gasteiger partial charge is 0.508 e. The fourth-order valence-electron chi connectivity index (χ4n) is 3.15. The van der Waals surface area contributed by atoms with Crippen LogP contribution in [0.25, 0.3) is 0 Å². The molecule has 1 heterocycles. The van der Waals surface area contributed by atoms with E-state index in [0.29, 0.717) is 19.0 Å². The predicted octanol–water partition coefficient (Wildman–Crippen LogP) is 3.19. The van der Waals surface area contributed by atoms with Gasteiger partial charge in [0.05, 0.1) is 5.56 Å². The van der Waals surface area contributed by atoms with Gasteiger partial charge in [0.2, 0.25) is 0 Å². The zero-order valence-corrected chi connectivity index (χ0v) is 13.0. The highest BCUT2D eigenvalue weighted by molar-refractivity contribution is 5.97. The Morgan fingerprint density at radius 3 is 2.43 bits per heavy atom. The number of aromatic hydroxyl groups is 2. The van der Waals surface area contributed by atoms with Crippen molar-refractivity contribution in [3.05, 3.63) is 59.7 Å². The van der Waals surface area contributed by atoms with Gasteiger partial charge >= 0.3 is 0 Å². The maximum atomic E-state index is 12.5. The van der Waals surface area contributed by atoms with Crippen molar-refractivity contribution in [2.75, 3.05) is 13.1 Å². The summed E-state index contributed by atoms with van der Waals surface area (Å²) in [6.07, 6.45) is 2.96. The van der Waals surface area contributed by atoms with Gasteiger partial charge < -0.3 is 15.1 Å². The van der Waals surface area contributed by atoms with Crippen LogP contribution in [0.4, 0.5) is 0 Å². The summed E-state index contributed by atoms with van der Waals surface area (Å²) >= 11 is 0. The molecule has 0 bridgehead atoms. The number of phenolic OH excluding ortho intramolecular Hbond substituents is 2. The zero-order chi connectivity index (χ0) is 16.2. The van der Waals surface area contributed by atoms with Crippen molar-refractivity contribution in [2.24, 2.45) is 5.92 Å². The lowest BCUT2D eigenvalue weighted by atomic mass is 9.90. The van der Waals surface area contributed by atoms with Gasteiger partial charge in [0.25, 0.3) is 5.91 Å². The number of hydrogen-bond donors (Lipinski definition) is 2. The van der Waals surface area contributed by atoms with E-state index in [1.165, 1.54) is 23.8 Å². The maximum absolute atomic E-state index is 12.5. The Labute approximate surface area is 136 Å². The van der Waals surface area contributed by atoms with Crippen LogP contribution in [0.15, 0.2) is 48.5 Å². The Morgan fingerprint density at radius 1 is 1.04 bits per heavy atom. The minimum Gasteiger partial charge on any atom is -0.508 e. The number of phenols is 2. The third-order valence-corrected chi connectivity index (χ3v) is 4.48. The predicted molar refractivity (Wildman–Crippen MR) is 88.5 cm³/mol. The smallest absolute Gasteiger partial charge is 0.257 e. The summed E-state index contributed by atoms with van der Waals surface area (Å²) in [5.74, 6) is 0.278. The van der Waals surface area contributed by atoms with Crippen LogP contribution in [-0.2, 0) is 6.42 Å². The molecule has 0 radical (unpaired) electrons. The van der Waals surface area contributed by atoms with Gasteiger partial charge in [-0.15, -0.1) is 0 Å². The van der Waals surface area contributed by atoms with E-state index in [-0.39, 0.29) is 23.0 Å². The third-order valence-electron chi connectivity index (χ3n) is 4.48. The first kappa shape index (κ1) is 15.4. The first-order valence-electron chi connectivity index (χ1n) is 7.98. The number of carbonyl (C=O) groups excluding carboxylic acids is 1. The summed E-state index contributed by atoms with van der Waals surface area (Å²) < 4.78 is 0. The van der Waals surface area contributed by atoms with Crippen molar-refractivity contribution in [1.29, 1.82) is 0 Å². The van der Waals surface area contributed by atoms with Gasteiger partial charge in [-0.1, -0.05) is 30.3 Å². The number of hydrogen-bond acceptors (Lipinski definition) is 3. The molecular weight excluding hydrogens is 290 g/mol. The number of nitrogens with zero attached hydrogens (tertiary/aromatic N) is 1. The summed E-state index contributed by atoms with van der Waals surface area (Å²) in [5.41, 5.74) is 1.51. The molecule has 4 heteroatoms. The van der Waals surface area contributed by atoms with Crippen LogP contribution >= 0.6 is 0 Å². The van der Waals surface area contributed by atoms with Gasteiger partial charge in [0.1, 0.15) is 11.5 Å². The monoisotopic (exact) mass is 311 g/mol. The second kappa shape index (κ2) is 6.73. The van der Waals surface area contributed by atoms with E-state index in [2.05, 4.69) is 24.3 Å². The van der Waals surface area contributed by atoms with Crippen LogP contribution < -0.4 is 0 Å². The molecule has 1 aliphatic rings. The molecule has 23 heavy (non-hydrogen) atoms. The molecule has 3 rings (SSSR count). The van der Waals surface area contributed by atoms with E-state index in [4.69, 9.17) is 0 Å². The van der Waals surface area contributed by atoms with E-state index in [1.54, 1.807) is 4.90 Å². The van der Waals surface area contributed by atoms with Crippen LogP contribution in [0.2, 0.25) is 0 Å². The number of rotatable bonds is 3. The lowest BCUT2D eigenvalue weighted by Gasteiger charge is -2.32. The molecule has 0 unspecified atom stereocenters. The number of likely N-dealkylation sites (tertiary alicyclic amines) is 1. The quantitative estimate of drug-likeness (QED) is 0.856. The third kappa shape index (κ3) is 3.65. The first-order valence-corrected chi connectivity index (χ1v) is 7.98. The molecule has 0 saturated carbocycles. The van der Waals surface area contributed by atoms with E-state index in [1.807, 2.05) is 6.07 Å². The van der Waals surface area contributed by atoms with Crippen molar-refractivity contribution in [3.63, 3.8) is 0 Å². The highest BCUT2D eigenvalue weighted by atomic mass is 16.3. The van der Waals surface area contributed by atoms with Gasteiger partial charge in [-0.05, 0) is 48.9 Å². The van der Waals surface area contributed by atoms with E-state index < -0.39 is 0 Å². The summed E-state index contributed by atoms with van der Waals surface area (Å²) in [5, 5.41) is 19.3. The van der Waals surface area contributed by atoms with Crippen molar-refractivity contribution in [2.45, 2.75) is 19.3 Å². The van der Waals surface area contributed by atoms with Gasteiger partial charge in [0, 0.05) is 13.1 Å². The molecule has 4 nitrogen and oxygen atoms in total. The molecule has 0 atom stereocenters. The van der Waals surface area contributed by atoms with Gasteiger partial charge in [0.15, 0.2) is 0 Å². The zero-order valence-electron chi connectivity index (χ0n) is 13.0. The number of carbonyl (C=O) groups is 1. The Bertz CT molecular complexity index is 676. The molecule has 2 aromatic rings. The van der Waals surface area contributed by atoms with Crippen LogP contribution in [-0.4, -0.2) is 34.1 Å². The fourth-order valence-corrected chi connectivity index (χ4v) is 3.15. The SMILES string of the molecule is O=C(c1cc(O)ccc1O)N1CCC(Cc2ccccc2)CC1. The molecule has 1 amide bonds. The molecule has 120 valence electrons. The summed E-state index contributed by atoms with van der Waals surface area (Å²) in [6.45, 7) is 1.37. The molecule has 1 fully saturated rings. The average Bonchev–Trinajstić information content (AvgIpc) is 2.58. The molecule has 0 aromatic heterocycles. The van der Waals surface area contributed by atoms with Crippen LogP contribution in [0.1, 0.15) is 28.8 Å². The molecule has 2 N–H and O–H groups in total. The fraction of sp³-hybridized carbons (Fsp3) is 0.316. The normalized spacial score (nSPS) is 15.6. The Hall–Kier alpha value is -2.49. The maximum Gasteiger partial charge on any atom is 0.257 e. The summed E-state index contributed by atoms with van der Waals surface area (Å²) in [6, 6.07) is 14.5. The minimum absolute atomic E-state index is 0.00915. The Balaban J connectivity index is 1.60. The lowest BCUT2D eigenvalue weighted by molar-refractivity contribution is 0.0687. The molecular formula is C19H21NO3. The first-order chi connectivity index (χ1) is 11.1. The van der Waals surface area contributed by atoms with Gasteiger partial charge in [-0.25, -0.2) is 0 Å². The number of piperidine rings is 1. The lowest BCUT2D eigenvalue weighted by Crippen LogP contribution is -2.38. The molecule has 2 aromatic carbocycles. The van der Waals surface area contributed by atoms with Crippen LogP contribution in [0, 0.1) is 5.92 Å². The highest BCUT2D eigenvalue weighted by Crippen LogP contribution is 2.27. The van der Waals surface area contributed by atoms with E-state index >= 15 is 0 Å². The van der Waals surface area contributed by atoms with Crippen LogP contribution in [0.5, 0.6) is 11.5 Å². The van der Waals surface area contributed by atoms with Crippen molar-refractivity contribution < 1.29 is 15.0 Å². The van der Waals surface area contributed by atoms with Gasteiger partial charge in [-0.2, -0.15) is 0 Å². The Kier molecular flexibility index (Phi) is 4.51. The van der Waals surface area contributed by atoms with Crippen LogP contribution in [0.3, 0.4) is 0 Å². The van der Waals surface area contributed by atoms with Gasteiger partial charge in [-0.3, -0.25) is 4.79 Å². The average molecular weight is 311 g/mol. The number of amides is 1. The second-order valence-electron chi connectivity index (χ2n) is 6.13. The van der Waals surface area contributed by atoms with E-state index in [9.17, 15) is 15.0 Å². The van der Waals surface area contributed by atoms with Crippen molar-refractivity contribution >= 4 is 5.91 Å². The highest BCUT2D eigenvalue weighted by Gasteiger charge is 2.25.